The number of rotatable bonds is 9. The maximum absolute atomic E-state index is 11.3. The van der Waals surface area contributed by atoms with Gasteiger partial charge in [-0.2, -0.15) is 0 Å². The van der Waals surface area contributed by atoms with Gasteiger partial charge < -0.3 is 18.9 Å². The molecule has 0 bridgehead atoms. The summed E-state index contributed by atoms with van der Waals surface area (Å²) in [5.41, 5.74) is 3.65. The molecule has 0 aliphatic heterocycles. The van der Waals surface area contributed by atoms with E-state index in [4.69, 9.17) is 18.9 Å². The summed E-state index contributed by atoms with van der Waals surface area (Å²) in [5, 5.41) is 0. The zero-order chi connectivity index (χ0) is 22.8. The fraction of sp³-hybridized carbons (Fsp3) is 0.120. The molecule has 2 aromatic rings. The van der Waals surface area contributed by atoms with E-state index in [2.05, 4.69) is 13.2 Å². The van der Waals surface area contributed by atoms with Crippen molar-refractivity contribution >= 4 is 11.9 Å². The van der Waals surface area contributed by atoms with E-state index in [9.17, 15) is 9.59 Å². The molecule has 0 unspecified atom stereocenters. The van der Waals surface area contributed by atoms with Gasteiger partial charge in [0.2, 0.25) is 0 Å². The van der Waals surface area contributed by atoms with Crippen LogP contribution in [0.15, 0.2) is 91.8 Å². The molecule has 0 saturated carbocycles. The Morgan fingerprint density at radius 2 is 1.23 bits per heavy atom. The molecule has 31 heavy (non-hydrogen) atoms. The molecule has 0 saturated heterocycles. The molecule has 2 rings (SSSR count). The van der Waals surface area contributed by atoms with E-state index >= 15 is 0 Å². The van der Waals surface area contributed by atoms with Crippen molar-refractivity contribution in [3.8, 4) is 22.6 Å². The number of hydrogen-bond acceptors (Lipinski definition) is 6. The minimum Gasteiger partial charge on any atom is -0.462 e. The van der Waals surface area contributed by atoms with Gasteiger partial charge in [-0.1, -0.05) is 31.4 Å². The minimum atomic E-state index is -0.513. The zero-order valence-corrected chi connectivity index (χ0v) is 17.7. The summed E-state index contributed by atoms with van der Waals surface area (Å²) in [5.74, 6) is 0.181. The highest BCUT2D eigenvalue weighted by Gasteiger charge is 2.05. The van der Waals surface area contributed by atoms with Gasteiger partial charge in [0.1, 0.15) is 36.5 Å². The summed E-state index contributed by atoms with van der Waals surface area (Å²) >= 11 is 0. The Bertz CT molecular complexity index is 1030. The summed E-state index contributed by atoms with van der Waals surface area (Å²) in [6.07, 6.45) is 4.92. The standard InChI is InChI=1S/C25H24O6/c1-17(2)24(26)30-14-12-28-21-8-6-20(7-9-21)23-11-10-22(16-19(23)5)29-13-15-31-25(27)18(3)4/h6-16H,1,3H2,2,4-5H3/b14-12-,15-13-. The molecule has 6 heteroatoms. The Balaban J connectivity index is 1.95. The van der Waals surface area contributed by atoms with Crippen LogP contribution in [0.1, 0.15) is 19.4 Å². The maximum Gasteiger partial charge on any atom is 0.338 e. The van der Waals surface area contributed by atoms with E-state index in [1.165, 1.54) is 25.0 Å². The van der Waals surface area contributed by atoms with E-state index in [-0.39, 0.29) is 0 Å². The van der Waals surface area contributed by atoms with Crippen LogP contribution in [0.5, 0.6) is 11.5 Å². The van der Waals surface area contributed by atoms with Crippen LogP contribution in [0.3, 0.4) is 0 Å². The fourth-order valence-electron chi connectivity index (χ4n) is 2.34. The monoisotopic (exact) mass is 420 g/mol. The quantitative estimate of drug-likeness (QED) is 0.299. The molecule has 0 spiro atoms. The second-order valence-corrected chi connectivity index (χ2v) is 6.65. The van der Waals surface area contributed by atoms with Crippen LogP contribution in [-0.2, 0) is 19.1 Å². The average Bonchev–Trinajstić information content (AvgIpc) is 2.74. The van der Waals surface area contributed by atoms with Crippen LogP contribution in [0.4, 0.5) is 0 Å². The SMILES string of the molecule is C=C(C)C(=O)O/C=C\Oc1ccc(-c2ccc(O/C=C\OC(=O)C(=C)C)cc2C)cc1. The van der Waals surface area contributed by atoms with Gasteiger partial charge in [0.15, 0.2) is 0 Å². The second-order valence-electron chi connectivity index (χ2n) is 6.65. The van der Waals surface area contributed by atoms with Crippen molar-refractivity contribution in [2.24, 2.45) is 0 Å². The largest absolute Gasteiger partial charge is 0.462 e. The third kappa shape index (κ3) is 7.36. The number of benzene rings is 2. The second kappa shape index (κ2) is 11.2. The van der Waals surface area contributed by atoms with Crippen LogP contribution in [0.25, 0.3) is 11.1 Å². The Labute approximate surface area is 181 Å². The van der Waals surface area contributed by atoms with Gasteiger partial charge in [-0.15, -0.1) is 0 Å². The van der Waals surface area contributed by atoms with Gasteiger partial charge in [-0.3, -0.25) is 0 Å². The van der Waals surface area contributed by atoms with Crippen LogP contribution in [-0.4, -0.2) is 11.9 Å². The maximum atomic E-state index is 11.3. The average molecular weight is 420 g/mol. The van der Waals surface area contributed by atoms with Crippen LogP contribution >= 0.6 is 0 Å². The molecule has 6 nitrogen and oxygen atoms in total. The molecule has 0 aliphatic rings. The van der Waals surface area contributed by atoms with Crippen molar-refractivity contribution in [3.63, 3.8) is 0 Å². The molecular formula is C25H24O6. The summed E-state index contributed by atoms with van der Waals surface area (Å²) in [6, 6.07) is 13.1. The molecule has 0 N–H and O–H groups in total. The Hall–Kier alpha value is -4.06. The lowest BCUT2D eigenvalue weighted by molar-refractivity contribution is -0.134. The third-order valence-corrected chi connectivity index (χ3v) is 3.93. The first-order chi connectivity index (χ1) is 14.8. The molecule has 0 radical (unpaired) electrons. The first-order valence-corrected chi connectivity index (χ1v) is 9.35. The highest BCUT2D eigenvalue weighted by molar-refractivity contribution is 5.87. The lowest BCUT2D eigenvalue weighted by Crippen LogP contribution is -1.99. The summed E-state index contributed by atoms with van der Waals surface area (Å²) < 4.78 is 20.5. The molecule has 160 valence electrons. The van der Waals surface area contributed by atoms with Crippen molar-refractivity contribution in [1.29, 1.82) is 0 Å². The zero-order valence-electron chi connectivity index (χ0n) is 17.7. The van der Waals surface area contributed by atoms with Gasteiger partial charge in [-0.05, 0) is 61.7 Å². The van der Waals surface area contributed by atoms with Crippen molar-refractivity contribution in [2.75, 3.05) is 0 Å². The van der Waals surface area contributed by atoms with Gasteiger partial charge in [0, 0.05) is 11.1 Å². The predicted octanol–water partition coefficient (Wildman–Crippen LogP) is 5.60. The van der Waals surface area contributed by atoms with E-state index in [1.807, 2.05) is 49.4 Å². The number of carbonyl (C=O) groups excluding carboxylic acids is 2. The van der Waals surface area contributed by atoms with Gasteiger partial charge in [0.25, 0.3) is 0 Å². The molecule has 0 amide bonds. The molecule has 0 atom stereocenters. The van der Waals surface area contributed by atoms with Crippen LogP contribution in [0.2, 0.25) is 0 Å². The number of aryl methyl sites for hydroxylation is 1. The lowest BCUT2D eigenvalue weighted by Gasteiger charge is -2.09. The van der Waals surface area contributed by atoms with Gasteiger partial charge in [0.05, 0.1) is 0 Å². The Morgan fingerprint density at radius 1 is 0.742 bits per heavy atom. The third-order valence-electron chi connectivity index (χ3n) is 3.93. The number of carbonyl (C=O) groups is 2. The molecule has 2 aromatic carbocycles. The first kappa shape index (κ1) is 23.2. The molecule has 0 heterocycles. The van der Waals surface area contributed by atoms with E-state index in [1.54, 1.807) is 13.8 Å². The van der Waals surface area contributed by atoms with Gasteiger partial charge >= 0.3 is 11.9 Å². The molecular weight excluding hydrogens is 396 g/mol. The van der Waals surface area contributed by atoms with E-state index in [0.29, 0.717) is 22.6 Å². The normalized spacial score (nSPS) is 10.7. The number of hydrogen-bond donors (Lipinski definition) is 0. The topological polar surface area (TPSA) is 71.1 Å². The highest BCUT2D eigenvalue weighted by Crippen LogP contribution is 2.28. The smallest absolute Gasteiger partial charge is 0.338 e. The Morgan fingerprint density at radius 3 is 1.71 bits per heavy atom. The van der Waals surface area contributed by atoms with E-state index in [0.717, 1.165) is 16.7 Å². The minimum absolute atomic E-state index is 0.308. The predicted molar refractivity (Wildman–Crippen MR) is 118 cm³/mol. The molecule has 0 aromatic heterocycles. The first-order valence-electron chi connectivity index (χ1n) is 9.35. The van der Waals surface area contributed by atoms with Crippen molar-refractivity contribution in [3.05, 3.63) is 97.4 Å². The number of esters is 2. The summed E-state index contributed by atoms with van der Waals surface area (Å²) in [7, 11) is 0. The molecule has 0 aliphatic carbocycles. The lowest BCUT2D eigenvalue weighted by atomic mass is 10.0. The summed E-state index contributed by atoms with van der Waals surface area (Å²) in [6.45, 7) is 12.1. The summed E-state index contributed by atoms with van der Waals surface area (Å²) in [4.78, 5) is 22.6. The molecule has 0 fully saturated rings. The fourth-order valence-corrected chi connectivity index (χ4v) is 2.34. The van der Waals surface area contributed by atoms with Crippen LogP contribution < -0.4 is 9.47 Å². The van der Waals surface area contributed by atoms with Crippen LogP contribution in [0, 0.1) is 6.92 Å². The number of ether oxygens (including phenoxy) is 4. The van der Waals surface area contributed by atoms with Crippen molar-refractivity contribution in [1.82, 2.24) is 0 Å². The van der Waals surface area contributed by atoms with Crippen molar-refractivity contribution < 1.29 is 28.5 Å². The van der Waals surface area contributed by atoms with E-state index < -0.39 is 11.9 Å². The highest BCUT2D eigenvalue weighted by atomic mass is 16.5. The van der Waals surface area contributed by atoms with Crippen molar-refractivity contribution in [2.45, 2.75) is 20.8 Å². The van der Waals surface area contributed by atoms with Gasteiger partial charge in [-0.25, -0.2) is 9.59 Å². The Kier molecular flexibility index (Phi) is 8.40.